The summed E-state index contributed by atoms with van der Waals surface area (Å²) < 4.78 is 27.0. The topological polar surface area (TPSA) is 46.2 Å². The molecule has 0 fully saturated rings. The summed E-state index contributed by atoms with van der Waals surface area (Å²) in [5, 5.41) is 0. The molecule has 0 spiro atoms. The molecule has 1 aromatic carbocycles. The van der Waals surface area contributed by atoms with E-state index in [-0.39, 0.29) is 0 Å². The highest BCUT2D eigenvalue weighted by Gasteiger charge is 2.45. The first-order chi connectivity index (χ1) is 8.56. The van der Waals surface area contributed by atoms with Gasteiger partial charge >= 0.3 is 0 Å². The lowest BCUT2D eigenvalue weighted by molar-refractivity contribution is 0.370. The third-order valence-corrected chi connectivity index (χ3v) is 4.98. The molecule has 4 heteroatoms. The molecule has 0 aliphatic carbocycles. The molecule has 18 heavy (non-hydrogen) atoms. The average Bonchev–Trinajstić information content (AvgIpc) is 2.57. The zero-order chi connectivity index (χ0) is 13.2. The molecule has 0 amide bonds. The molecule has 0 saturated carbocycles. The van der Waals surface area contributed by atoms with Crippen LogP contribution in [0.3, 0.4) is 0 Å². The van der Waals surface area contributed by atoms with Crippen LogP contribution in [0.2, 0.25) is 0 Å². The fourth-order valence-electron chi connectivity index (χ4n) is 2.52. The van der Waals surface area contributed by atoms with Crippen molar-refractivity contribution in [3.8, 4) is 12.3 Å². The van der Waals surface area contributed by atoms with Crippen LogP contribution < -0.4 is 4.72 Å². The smallest absolute Gasteiger partial charge is 0.207 e. The minimum absolute atomic E-state index is 0.372. The molecule has 0 saturated heterocycles. The van der Waals surface area contributed by atoms with Crippen molar-refractivity contribution < 1.29 is 8.42 Å². The number of fused-ring (bicyclic) bond motifs is 1. The molecule has 1 atom stereocenters. The van der Waals surface area contributed by atoms with E-state index >= 15 is 0 Å². The lowest BCUT2D eigenvalue weighted by Gasteiger charge is -2.27. The first-order valence-corrected chi connectivity index (χ1v) is 7.61. The molecule has 0 aromatic heterocycles. The second kappa shape index (κ2) is 4.75. The molecule has 0 radical (unpaired) electrons. The largest absolute Gasteiger partial charge is 0.241 e. The van der Waals surface area contributed by atoms with Crippen LogP contribution in [-0.4, -0.2) is 8.42 Å². The van der Waals surface area contributed by atoms with Crippen LogP contribution >= 0.6 is 0 Å². The van der Waals surface area contributed by atoms with Crippen molar-refractivity contribution >= 4 is 10.0 Å². The van der Waals surface area contributed by atoms with Gasteiger partial charge in [-0.1, -0.05) is 38.0 Å². The molecule has 1 aromatic rings. The number of unbranched alkanes of at least 4 members (excludes halogenated alkanes) is 1. The molecule has 96 valence electrons. The van der Waals surface area contributed by atoms with Crippen molar-refractivity contribution in [3.05, 3.63) is 29.8 Å². The number of nitrogens with one attached hydrogen (secondary N) is 1. The normalized spacial score (nSPS) is 24.4. The zero-order valence-electron chi connectivity index (χ0n) is 10.4. The molecule has 2 rings (SSSR count). The fourth-order valence-corrected chi connectivity index (χ4v) is 4.24. The lowest BCUT2D eigenvalue weighted by atomic mass is 9.83. The van der Waals surface area contributed by atoms with Gasteiger partial charge in [0.1, 0.15) is 0 Å². The molecule has 3 nitrogen and oxygen atoms in total. The Balaban J connectivity index is 2.54. The van der Waals surface area contributed by atoms with Gasteiger partial charge in [-0.15, -0.1) is 12.3 Å². The first kappa shape index (κ1) is 13.1. The fraction of sp³-hybridized carbons (Fsp3) is 0.429. The van der Waals surface area contributed by atoms with Crippen LogP contribution in [0, 0.1) is 12.3 Å². The Morgan fingerprint density at radius 3 is 2.78 bits per heavy atom. The van der Waals surface area contributed by atoms with E-state index in [9.17, 15) is 8.42 Å². The van der Waals surface area contributed by atoms with Gasteiger partial charge < -0.3 is 0 Å². The highest BCUT2D eigenvalue weighted by molar-refractivity contribution is 7.89. The number of terminal acetylenes is 1. The summed E-state index contributed by atoms with van der Waals surface area (Å²) in [5.41, 5.74) is 0.205. The van der Waals surface area contributed by atoms with Crippen LogP contribution in [0.4, 0.5) is 0 Å². The highest BCUT2D eigenvalue weighted by atomic mass is 32.2. The SMILES string of the molecule is C#CC[C@@]1(CCCC)NS(=O)(=O)c2ccccc21. The number of rotatable bonds is 4. The molecular weight excluding hydrogens is 246 g/mol. The zero-order valence-corrected chi connectivity index (χ0v) is 11.3. The third kappa shape index (κ3) is 2.05. The van der Waals surface area contributed by atoms with Gasteiger partial charge in [0, 0.05) is 6.42 Å². The van der Waals surface area contributed by atoms with Crippen LogP contribution in [0.5, 0.6) is 0 Å². The Hall–Kier alpha value is -1.31. The predicted molar refractivity (Wildman–Crippen MR) is 71.4 cm³/mol. The summed E-state index contributed by atoms with van der Waals surface area (Å²) in [4.78, 5) is 0.372. The van der Waals surface area contributed by atoms with E-state index in [1.165, 1.54) is 0 Å². The Morgan fingerprint density at radius 2 is 2.11 bits per heavy atom. The predicted octanol–water partition coefficient (Wildman–Crippen LogP) is 2.39. The summed E-state index contributed by atoms with van der Waals surface area (Å²) in [5.74, 6) is 2.61. The summed E-state index contributed by atoms with van der Waals surface area (Å²) in [6.45, 7) is 2.08. The highest BCUT2D eigenvalue weighted by Crippen LogP contribution is 2.41. The number of hydrogen-bond donors (Lipinski definition) is 1. The van der Waals surface area contributed by atoms with Crippen molar-refractivity contribution in [1.29, 1.82) is 0 Å². The molecule has 1 aliphatic rings. The van der Waals surface area contributed by atoms with E-state index in [2.05, 4.69) is 17.6 Å². The summed E-state index contributed by atoms with van der Waals surface area (Å²) >= 11 is 0. The summed E-state index contributed by atoms with van der Waals surface area (Å²) in [6.07, 6.45) is 8.51. The molecule has 0 bridgehead atoms. The van der Waals surface area contributed by atoms with Gasteiger partial charge in [0.15, 0.2) is 0 Å². The van der Waals surface area contributed by atoms with Gasteiger partial charge in [-0.25, -0.2) is 8.42 Å². The molecule has 1 heterocycles. The van der Waals surface area contributed by atoms with Crippen LogP contribution in [-0.2, 0) is 15.6 Å². The molecule has 1 aliphatic heterocycles. The number of benzene rings is 1. The maximum absolute atomic E-state index is 12.1. The standard InChI is InChI=1S/C14H17NO2S/c1-3-5-11-14(10-4-2)12-8-6-7-9-13(12)18(16,17)15-14/h2,6-9,15H,3,5,10-11H2,1H3/t14-/m0/s1. The van der Waals surface area contributed by atoms with Crippen molar-refractivity contribution in [2.24, 2.45) is 0 Å². The minimum atomic E-state index is -3.41. The van der Waals surface area contributed by atoms with Gasteiger partial charge in [0.2, 0.25) is 10.0 Å². The Kier molecular flexibility index (Phi) is 3.47. The van der Waals surface area contributed by atoms with Crippen molar-refractivity contribution in [3.63, 3.8) is 0 Å². The Labute approximate surface area is 109 Å². The maximum atomic E-state index is 12.1. The molecule has 1 N–H and O–H groups in total. The molecule has 0 unspecified atom stereocenters. The van der Waals surface area contributed by atoms with E-state index < -0.39 is 15.6 Å². The molecular formula is C14H17NO2S. The minimum Gasteiger partial charge on any atom is -0.207 e. The van der Waals surface area contributed by atoms with Crippen molar-refractivity contribution in [2.75, 3.05) is 0 Å². The summed E-state index contributed by atoms with van der Waals surface area (Å²) in [6, 6.07) is 7.10. The van der Waals surface area contributed by atoms with Gasteiger partial charge in [-0.05, 0) is 18.1 Å². The Bertz CT molecular complexity index is 586. The van der Waals surface area contributed by atoms with E-state index in [1.807, 2.05) is 12.1 Å². The van der Waals surface area contributed by atoms with Gasteiger partial charge in [-0.3, -0.25) is 0 Å². The van der Waals surface area contributed by atoms with Gasteiger partial charge in [0.25, 0.3) is 0 Å². The van der Waals surface area contributed by atoms with E-state index in [4.69, 9.17) is 6.42 Å². The van der Waals surface area contributed by atoms with Crippen molar-refractivity contribution in [2.45, 2.75) is 43.0 Å². The first-order valence-electron chi connectivity index (χ1n) is 6.13. The lowest BCUT2D eigenvalue weighted by Crippen LogP contribution is -2.39. The van der Waals surface area contributed by atoms with E-state index in [0.717, 1.165) is 24.8 Å². The van der Waals surface area contributed by atoms with Crippen LogP contribution in [0.1, 0.15) is 38.2 Å². The third-order valence-electron chi connectivity index (χ3n) is 3.38. The van der Waals surface area contributed by atoms with Gasteiger partial charge in [-0.2, -0.15) is 4.72 Å². The number of hydrogen-bond acceptors (Lipinski definition) is 2. The Morgan fingerprint density at radius 1 is 1.39 bits per heavy atom. The van der Waals surface area contributed by atoms with Gasteiger partial charge in [0.05, 0.1) is 10.4 Å². The van der Waals surface area contributed by atoms with Crippen molar-refractivity contribution in [1.82, 2.24) is 4.72 Å². The summed E-state index contributed by atoms with van der Waals surface area (Å²) in [7, 11) is -3.41. The van der Waals surface area contributed by atoms with E-state index in [1.54, 1.807) is 12.1 Å². The second-order valence-electron chi connectivity index (χ2n) is 4.67. The average molecular weight is 263 g/mol. The number of sulfonamides is 1. The van der Waals surface area contributed by atoms with Crippen LogP contribution in [0.25, 0.3) is 0 Å². The maximum Gasteiger partial charge on any atom is 0.241 e. The van der Waals surface area contributed by atoms with E-state index in [0.29, 0.717) is 11.3 Å². The quantitative estimate of drug-likeness (QED) is 0.848. The van der Waals surface area contributed by atoms with Crippen LogP contribution in [0.15, 0.2) is 29.2 Å². The monoisotopic (exact) mass is 263 g/mol. The second-order valence-corrected chi connectivity index (χ2v) is 6.32.